The van der Waals surface area contributed by atoms with Gasteiger partial charge in [-0.3, -0.25) is 81.9 Å². The fraction of sp³-hybridized carbons (Fsp3) is 0.654. The van der Waals surface area contributed by atoms with Gasteiger partial charge in [0.25, 0.3) is 0 Å². The van der Waals surface area contributed by atoms with Gasteiger partial charge in [0.2, 0.25) is 65.0 Å². The average Bonchev–Trinajstić information content (AvgIpc) is 1.73. The molecule has 11 amide bonds. The van der Waals surface area contributed by atoms with E-state index in [1.807, 2.05) is 5.32 Å². The minimum Gasteiger partial charge on any atom is -0.481 e. The number of nitrogens with one attached hydrogen (secondary N) is 9. The number of nitrogens with zero attached hydrogens (tertiary/aromatic N) is 3. The lowest BCUT2D eigenvalue weighted by atomic mass is 9.96. The number of aliphatic hydroxyl groups is 1. The van der Waals surface area contributed by atoms with Crippen LogP contribution < -0.4 is 82.3 Å². The number of carboxylic acid groups (broad SMARTS) is 5. The van der Waals surface area contributed by atoms with Crippen LogP contribution in [0.5, 0.6) is 0 Å². The van der Waals surface area contributed by atoms with Crippen LogP contribution in [0.3, 0.4) is 0 Å². The molecule has 92 heavy (non-hydrogen) atoms. The van der Waals surface area contributed by atoms with Crippen molar-refractivity contribution in [1.82, 2.24) is 52.8 Å². The highest BCUT2D eigenvalue weighted by Crippen LogP contribution is 2.20. The molecule has 1 heterocycles. The predicted molar refractivity (Wildman–Crippen MR) is 316 cm³/mol. The zero-order valence-electron chi connectivity index (χ0n) is 50.9. The Labute approximate surface area is 525 Å². The van der Waals surface area contributed by atoms with Crippen LogP contribution in [-0.2, 0) is 76.7 Å². The number of aliphatic hydroxyl groups excluding tert-OH is 1. The summed E-state index contributed by atoms with van der Waals surface area (Å²) in [5.41, 5.74) is 32.5. The van der Waals surface area contributed by atoms with Gasteiger partial charge in [0.1, 0.15) is 60.4 Å². The van der Waals surface area contributed by atoms with E-state index >= 15 is 0 Å². The Bertz CT molecular complexity index is 2720. The molecular weight excluding hydrogens is 1230 g/mol. The minimum atomic E-state index is -2.20. The predicted octanol–water partition coefficient (Wildman–Crippen LogP) is -9.14. The maximum Gasteiger partial charge on any atom is 0.326 e. The van der Waals surface area contributed by atoms with Crippen molar-refractivity contribution in [2.75, 3.05) is 26.2 Å². The summed E-state index contributed by atoms with van der Waals surface area (Å²) in [7, 11) is 0. The summed E-state index contributed by atoms with van der Waals surface area (Å²) in [5, 5.41) is 78.2. The molecule has 1 fully saturated rings. The molecule has 1 aliphatic rings. The van der Waals surface area contributed by atoms with E-state index in [4.69, 9.17) is 34.4 Å². The van der Waals surface area contributed by atoms with Crippen LogP contribution in [0.2, 0.25) is 0 Å². The molecule has 0 aromatic rings. The molecule has 40 nitrogen and oxygen atoms in total. The van der Waals surface area contributed by atoms with Gasteiger partial charge in [-0.1, -0.05) is 20.3 Å². The average molecular weight is 1320 g/mol. The molecule has 0 aliphatic carbocycles. The third kappa shape index (κ3) is 30.0. The monoisotopic (exact) mass is 1310 g/mol. The zero-order chi connectivity index (χ0) is 70.1. The summed E-state index contributed by atoms with van der Waals surface area (Å²) in [5.74, 6) is -22.3. The van der Waals surface area contributed by atoms with Crippen molar-refractivity contribution < 1.29 is 107 Å². The maximum absolute atomic E-state index is 14.3. The molecular formula is C52H86N18O22. The van der Waals surface area contributed by atoms with Crippen molar-refractivity contribution in [2.45, 2.75) is 184 Å². The van der Waals surface area contributed by atoms with E-state index in [1.165, 1.54) is 20.8 Å². The number of carbonyl (C=O) groups is 16. The Morgan fingerprint density at radius 2 is 0.859 bits per heavy atom. The van der Waals surface area contributed by atoms with E-state index < -0.39 is 225 Å². The van der Waals surface area contributed by atoms with Gasteiger partial charge in [-0.05, 0) is 70.6 Å². The second kappa shape index (κ2) is 40.6. The van der Waals surface area contributed by atoms with Gasteiger partial charge >= 0.3 is 29.8 Å². The summed E-state index contributed by atoms with van der Waals surface area (Å²) in [6.07, 6.45) is -6.81. The zero-order valence-corrected chi connectivity index (χ0v) is 50.9. The highest BCUT2D eigenvalue weighted by Gasteiger charge is 2.41. The van der Waals surface area contributed by atoms with Gasteiger partial charge in [0.05, 0.1) is 25.5 Å². The van der Waals surface area contributed by atoms with Crippen molar-refractivity contribution in [3.05, 3.63) is 0 Å². The highest BCUT2D eigenvalue weighted by molar-refractivity contribution is 6.00. The van der Waals surface area contributed by atoms with Gasteiger partial charge < -0.3 is 118 Å². The van der Waals surface area contributed by atoms with Crippen LogP contribution in [0.4, 0.5) is 0 Å². The fourth-order valence-corrected chi connectivity index (χ4v) is 8.78. The molecule has 0 saturated carbocycles. The second-order valence-corrected chi connectivity index (χ2v) is 21.3. The molecule has 0 unspecified atom stereocenters. The van der Waals surface area contributed by atoms with Crippen molar-refractivity contribution in [3.63, 3.8) is 0 Å². The van der Waals surface area contributed by atoms with Gasteiger partial charge in [0.15, 0.2) is 11.9 Å². The Hall–Kier alpha value is -10.0. The summed E-state index contributed by atoms with van der Waals surface area (Å²) >= 11 is 0. The van der Waals surface area contributed by atoms with Gasteiger partial charge in [-0.25, -0.2) is 4.79 Å². The normalized spacial score (nSPS) is 16.1. The quantitative estimate of drug-likeness (QED) is 0.0153. The number of aliphatic imine (C=N–C) groups is 2. The third-order valence-electron chi connectivity index (χ3n) is 13.9. The van der Waals surface area contributed by atoms with Gasteiger partial charge in [-0.15, -0.1) is 0 Å². The lowest BCUT2D eigenvalue weighted by Gasteiger charge is -2.30. The minimum absolute atomic E-state index is 0.0471. The Balaban J connectivity index is 3.61. The number of hydrogen-bond donors (Lipinski definition) is 21. The van der Waals surface area contributed by atoms with Crippen LogP contribution in [0.15, 0.2) is 9.98 Å². The first-order valence-electron chi connectivity index (χ1n) is 28.9. The number of nitrogens with two attached hydrogens (primary N) is 6. The standard InChI is InChI=1S/C52H86N18O22/c1-4-23(2)39(69-44(85)28(13-16-37(77)78)64-46(87)31(21-38(79)80)66-43(84)27(12-15-36(75)76)63-42(83)26(11-14-35(73)74)61-40(81)24(3)53)48(89)67-30(20-34(54)72)45(86)62-25(8-5-17-59-51(55)56)41(82)68-32(22-71)49(90)70-19-7-10-33(70)47(88)65-29(50(91)92)9-6-18-60-52(57)58/h23-33,39,71H,4-22,53H2,1-3H3,(H2,54,72)(H,61,81)(H,62,86)(H,63,83)(H,64,87)(H,65,88)(H,66,84)(H,67,89)(H,68,82)(H,69,85)(H,73,74)(H,75,76)(H,77,78)(H,79,80)(H,91,92)(H4,55,56,59)(H4,57,58,60)/t23-,24-,25-,26-,27-,28-,29-,30-,31-,32-,33-,39-/m0/s1. The van der Waals surface area contributed by atoms with Crippen molar-refractivity contribution in [3.8, 4) is 0 Å². The molecule has 12 atom stereocenters. The molecule has 1 aliphatic heterocycles. The fourth-order valence-electron chi connectivity index (χ4n) is 8.78. The third-order valence-corrected chi connectivity index (χ3v) is 13.9. The SMILES string of the molecule is CC[C@H](C)[C@H](NC(=O)[C@H](CCC(=O)O)NC(=O)[C@H](CC(=O)O)NC(=O)[C@H](CCC(=O)O)NC(=O)[C@H](CCC(=O)O)NC(=O)[C@H](C)N)C(=O)N[C@@H](CC(N)=O)C(=O)N[C@@H](CCCN=C(N)N)C(=O)N[C@@H](CO)C(=O)N1CCC[C@H]1C(=O)N[C@@H](CCCN=C(N)N)C(=O)O. The first-order valence-corrected chi connectivity index (χ1v) is 28.9. The van der Waals surface area contributed by atoms with Gasteiger partial charge in [0, 0.05) is 38.9 Å². The van der Waals surface area contributed by atoms with Crippen molar-refractivity contribution >= 4 is 107 Å². The summed E-state index contributed by atoms with van der Waals surface area (Å²) in [4.78, 5) is 217. The van der Waals surface area contributed by atoms with Crippen LogP contribution in [0, 0.1) is 5.92 Å². The molecule has 0 aromatic heterocycles. The van der Waals surface area contributed by atoms with E-state index in [-0.39, 0.29) is 76.5 Å². The molecule has 1 rings (SSSR count). The van der Waals surface area contributed by atoms with E-state index in [1.54, 1.807) is 0 Å². The smallest absolute Gasteiger partial charge is 0.326 e. The number of primary amides is 1. The number of guanidine groups is 2. The van der Waals surface area contributed by atoms with E-state index in [0.717, 1.165) is 4.90 Å². The molecule has 0 aromatic carbocycles. The van der Waals surface area contributed by atoms with Gasteiger partial charge in [-0.2, -0.15) is 0 Å². The Morgan fingerprint density at radius 3 is 1.25 bits per heavy atom. The summed E-state index contributed by atoms with van der Waals surface area (Å²) in [6, 6.07) is -18.9. The van der Waals surface area contributed by atoms with Crippen molar-refractivity contribution in [1.29, 1.82) is 0 Å². The van der Waals surface area contributed by atoms with E-state index in [0.29, 0.717) is 0 Å². The Morgan fingerprint density at radius 1 is 0.478 bits per heavy atom. The lowest BCUT2D eigenvalue weighted by Crippen LogP contribution is -2.62. The first-order chi connectivity index (χ1) is 43.0. The van der Waals surface area contributed by atoms with Crippen LogP contribution in [-0.4, -0.2) is 235 Å². The summed E-state index contributed by atoms with van der Waals surface area (Å²) in [6.45, 7) is 2.93. The largest absolute Gasteiger partial charge is 0.481 e. The first kappa shape index (κ1) is 80.0. The number of amides is 11. The van der Waals surface area contributed by atoms with Crippen LogP contribution in [0.25, 0.3) is 0 Å². The topological polar surface area (TPSA) is 687 Å². The molecule has 27 N–H and O–H groups in total. The maximum atomic E-state index is 14.3. The second-order valence-electron chi connectivity index (χ2n) is 21.3. The molecule has 0 spiro atoms. The van der Waals surface area contributed by atoms with E-state index in [9.17, 15) is 107 Å². The van der Waals surface area contributed by atoms with Crippen LogP contribution >= 0.6 is 0 Å². The molecule has 40 heteroatoms. The summed E-state index contributed by atoms with van der Waals surface area (Å²) < 4.78 is 0. The molecule has 1 saturated heterocycles. The highest BCUT2D eigenvalue weighted by atomic mass is 16.4. The van der Waals surface area contributed by atoms with Crippen LogP contribution in [0.1, 0.15) is 117 Å². The number of aliphatic carboxylic acids is 5. The Kier molecular flexibility index (Phi) is 35.3. The number of rotatable bonds is 44. The number of carboxylic acids is 5. The molecule has 516 valence electrons. The lowest BCUT2D eigenvalue weighted by molar-refractivity contribution is -0.145. The number of likely N-dealkylation sites (tertiary alicyclic amines) is 1. The molecule has 0 bridgehead atoms. The molecule has 0 radical (unpaired) electrons. The number of carbonyl (C=O) groups excluding carboxylic acids is 11. The van der Waals surface area contributed by atoms with Crippen molar-refractivity contribution in [2.24, 2.45) is 50.3 Å². The van der Waals surface area contributed by atoms with E-state index in [2.05, 4.69) is 52.5 Å². The number of hydrogen-bond acceptors (Lipinski definition) is 20.